The van der Waals surface area contributed by atoms with Gasteiger partial charge in [-0.1, -0.05) is 4.56 Å². The highest BCUT2D eigenvalue weighted by Crippen LogP contribution is 1.89. The lowest BCUT2D eigenvalue weighted by molar-refractivity contribution is 1.02. The molecule has 5 heteroatoms. The number of H-pyrrole nitrogens is 1. The molecule has 0 aliphatic heterocycles. The van der Waals surface area contributed by atoms with Crippen LogP contribution in [0.2, 0.25) is 0 Å². The third-order valence-electron chi connectivity index (χ3n) is 1.54. The highest BCUT2D eigenvalue weighted by molar-refractivity contribution is 6.30. The van der Waals surface area contributed by atoms with Crippen LogP contribution in [0.3, 0.4) is 0 Å². The molecule has 0 unspecified atom stereocenters. The fourth-order valence-electron chi connectivity index (χ4n) is 1.05. The summed E-state index contributed by atoms with van der Waals surface area (Å²) in [5, 5.41) is 0. The van der Waals surface area contributed by atoms with Crippen LogP contribution < -0.4 is 10.2 Å². The Morgan fingerprint density at radius 1 is 1.64 bits per heavy atom. The fraction of sp³-hybridized carbons (Fsp3) is 0. The van der Waals surface area contributed by atoms with E-state index in [0.29, 0.717) is 0 Å². The molecule has 2 heterocycles. The normalized spacial score (nSPS) is 10.5. The molecule has 0 fully saturated rings. The average molecular weight is 163 g/mol. The third-order valence-corrected chi connectivity index (χ3v) is 2.08. The minimum Gasteiger partial charge on any atom is -0.328 e. The number of imidazole rings is 1. The Bertz CT molecular complexity index is 444. The first-order valence-corrected chi connectivity index (χ1v) is 4.30. The van der Waals surface area contributed by atoms with Gasteiger partial charge >= 0.3 is 5.69 Å². The summed E-state index contributed by atoms with van der Waals surface area (Å²) in [6.45, 7) is 0. The molecule has 0 bridgehead atoms. The molecule has 0 amide bonds. The van der Waals surface area contributed by atoms with Crippen LogP contribution >= 0.6 is 0 Å². The van der Waals surface area contributed by atoms with Crippen molar-refractivity contribution in [3.8, 4) is 0 Å². The largest absolute Gasteiger partial charge is 0.330 e. The summed E-state index contributed by atoms with van der Waals surface area (Å²) >= 11 is 0.845. The Labute approximate surface area is 70.3 Å². The van der Waals surface area contributed by atoms with Gasteiger partial charge in [-0.2, -0.15) is 0 Å². The Kier molecular flexibility index (Phi) is 1.34. The maximum absolute atomic E-state index is 11.2. The monoisotopic (exact) mass is 163 g/mol. The van der Waals surface area contributed by atoms with Crippen molar-refractivity contribution >= 4 is 26.5 Å². The number of fused-ring (bicyclic) bond motifs is 1. The molecule has 11 heavy (non-hydrogen) atoms. The molecule has 0 aliphatic carbocycles. The van der Waals surface area contributed by atoms with Gasteiger partial charge in [0.25, 0.3) is 16.3 Å². The van der Waals surface area contributed by atoms with Crippen molar-refractivity contribution in [2.75, 3.05) is 0 Å². The molecule has 0 aromatic carbocycles. The molecule has 0 radical (unpaired) electrons. The molecule has 4 nitrogen and oxygen atoms in total. The number of hydrogen-bond donors (Lipinski definition) is 1. The number of hydrogen-bond acceptors (Lipinski definition) is 2. The van der Waals surface area contributed by atoms with Crippen LogP contribution in [0.5, 0.6) is 0 Å². The highest BCUT2D eigenvalue weighted by Gasteiger charge is 1.96. The number of nitrogens with zero attached hydrogens (tertiary/aromatic N) is 2. The summed E-state index contributed by atoms with van der Waals surface area (Å²) in [5.41, 5.74) is 0.615. The SMILES string of the molecule is O=c1[nH][c]([AlH2])cc2nccn12. The molecule has 0 aliphatic rings. The van der Waals surface area contributed by atoms with E-state index >= 15 is 0 Å². The van der Waals surface area contributed by atoms with Crippen LogP contribution in [0.25, 0.3) is 5.65 Å². The standard InChI is InChI=1S/C6H4N3O.Al.2H/c10-6-8-2-1-5-7-3-4-9(5)6;;;/h1,3-4H,(H,8,10);;;. The van der Waals surface area contributed by atoms with Gasteiger partial charge in [-0.05, 0) is 6.07 Å². The van der Waals surface area contributed by atoms with Crippen molar-refractivity contribution in [2.24, 2.45) is 0 Å². The molecule has 2 rings (SSSR count). The fourth-order valence-corrected chi connectivity index (χ4v) is 1.52. The molecule has 54 valence electrons. The summed E-state index contributed by atoms with van der Waals surface area (Å²) in [7, 11) is 0. The molecule has 2 aromatic heterocycles. The first-order chi connectivity index (χ1) is 5.27. The lowest BCUT2D eigenvalue weighted by atomic mass is 10.6. The summed E-state index contributed by atoms with van der Waals surface area (Å²) in [5.74, 6) is 0. The summed E-state index contributed by atoms with van der Waals surface area (Å²) in [4.78, 5) is 17.9. The van der Waals surface area contributed by atoms with E-state index < -0.39 is 0 Å². The first kappa shape index (κ1) is 6.65. The van der Waals surface area contributed by atoms with Crippen LogP contribution in [0, 0.1) is 0 Å². The summed E-state index contributed by atoms with van der Waals surface area (Å²) < 4.78 is 2.45. The average Bonchev–Trinajstić information content (AvgIpc) is 2.34. The van der Waals surface area contributed by atoms with Crippen molar-refractivity contribution in [2.45, 2.75) is 0 Å². The second kappa shape index (κ2) is 2.22. The molecule has 0 saturated carbocycles. The predicted octanol–water partition coefficient (Wildman–Crippen LogP) is -1.72. The van der Waals surface area contributed by atoms with E-state index in [1.165, 1.54) is 4.40 Å². The van der Waals surface area contributed by atoms with E-state index in [2.05, 4.69) is 9.97 Å². The van der Waals surface area contributed by atoms with Crippen molar-refractivity contribution in [1.82, 2.24) is 14.4 Å². The zero-order valence-corrected chi connectivity index (χ0v) is 8.03. The van der Waals surface area contributed by atoms with Gasteiger partial charge < -0.3 is 4.98 Å². The molecule has 0 saturated heterocycles. The van der Waals surface area contributed by atoms with Gasteiger partial charge in [0.05, 0.1) is 0 Å². The van der Waals surface area contributed by atoms with Gasteiger partial charge in [-0.15, -0.1) is 0 Å². The predicted molar refractivity (Wildman–Crippen MR) is 44.0 cm³/mol. The zero-order valence-electron chi connectivity index (χ0n) is 6.03. The lowest BCUT2D eigenvalue weighted by Crippen LogP contribution is -2.25. The van der Waals surface area contributed by atoms with Crippen molar-refractivity contribution in [1.29, 1.82) is 0 Å². The number of nitrogens with one attached hydrogen (secondary N) is 1. The smallest absolute Gasteiger partial charge is 0.328 e. The zero-order chi connectivity index (χ0) is 7.84. The van der Waals surface area contributed by atoms with Gasteiger partial charge in [0.15, 0.2) is 0 Å². The van der Waals surface area contributed by atoms with Crippen LogP contribution in [-0.4, -0.2) is 30.7 Å². The summed E-state index contributed by atoms with van der Waals surface area (Å²) in [6, 6.07) is 1.88. The molecule has 1 N–H and O–H groups in total. The van der Waals surface area contributed by atoms with E-state index in [-0.39, 0.29) is 5.69 Å². The first-order valence-electron chi connectivity index (χ1n) is 3.30. The van der Waals surface area contributed by atoms with E-state index in [1.807, 2.05) is 6.07 Å². The maximum Gasteiger partial charge on any atom is 0.330 e. The van der Waals surface area contributed by atoms with E-state index in [4.69, 9.17) is 0 Å². The Morgan fingerprint density at radius 3 is 3.27 bits per heavy atom. The summed E-state index contributed by atoms with van der Waals surface area (Å²) in [6.07, 6.45) is 3.26. The second-order valence-corrected chi connectivity index (χ2v) is 3.49. The third kappa shape index (κ3) is 0.986. The quantitative estimate of drug-likeness (QED) is 0.470. The maximum atomic E-state index is 11.2. The minimum atomic E-state index is -0.106. The highest BCUT2D eigenvalue weighted by atomic mass is 27.0. The molecule has 2 aromatic rings. The van der Waals surface area contributed by atoms with Gasteiger partial charge in [-0.25, -0.2) is 9.78 Å². The number of aromatic nitrogens is 3. The van der Waals surface area contributed by atoms with Gasteiger partial charge in [0.2, 0.25) is 0 Å². The number of rotatable bonds is 0. The van der Waals surface area contributed by atoms with Gasteiger partial charge in [-0.3, -0.25) is 4.40 Å². The van der Waals surface area contributed by atoms with Crippen LogP contribution in [-0.2, 0) is 0 Å². The van der Waals surface area contributed by atoms with Crippen LogP contribution in [0.4, 0.5) is 0 Å². The van der Waals surface area contributed by atoms with Crippen LogP contribution in [0.15, 0.2) is 23.3 Å². The Balaban J connectivity index is 3.02. The van der Waals surface area contributed by atoms with Gasteiger partial charge in [0.1, 0.15) is 5.65 Å². The molecule has 0 atom stereocenters. The minimum absolute atomic E-state index is 0.106. The molecule has 0 spiro atoms. The van der Waals surface area contributed by atoms with Crippen LogP contribution in [0.1, 0.15) is 0 Å². The second-order valence-electron chi connectivity index (χ2n) is 2.41. The van der Waals surface area contributed by atoms with E-state index in [9.17, 15) is 4.79 Å². The van der Waals surface area contributed by atoms with Crippen molar-refractivity contribution in [3.63, 3.8) is 0 Å². The van der Waals surface area contributed by atoms with E-state index in [0.717, 1.165) is 26.5 Å². The topological polar surface area (TPSA) is 50.2 Å². The Morgan fingerprint density at radius 2 is 2.45 bits per heavy atom. The molecular formula is C6H6AlN3O. The van der Waals surface area contributed by atoms with E-state index in [1.54, 1.807) is 12.4 Å². The number of aromatic amines is 1. The lowest BCUT2D eigenvalue weighted by Gasteiger charge is -1.93. The van der Waals surface area contributed by atoms with Crippen molar-refractivity contribution in [3.05, 3.63) is 28.9 Å². The van der Waals surface area contributed by atoms with Crippen molar-refractivity contribution < 1.29 is 0 Å². The molecular weight excluding hydrogens is 157 g/mol. The Hall–Kier alpha value is -1.05. The van der Waals surface area contributed by atoms with Gasteiger partial charge in [0, 0.05) is 12.4 Å².